The van der Waals surface area contributed by atoms with Crippen LogP contribution in [0.25, 0.3) is 0 Å². The molecule has 0 bridgehead atoms. The van der Waals surface area contributed by atoms with Crippen molar-refractivity contribution in [2.24, 2.45) is 5.92 Å². The van der Waals surface area contributed by atoms with Crippen LogP contribution >= 0.6 is 0 Å². The van der Waals surface area contributed by atoms with E-state index in [2.05, 4.69) is 0 Å². The smallest absolute Gasteiger partial charge is 0.281 e. The fourth-order valence-electron chi connectivity index (χ4n) is 3.62. The van der Waals surface area contributed by atoms with Gasteiger partial charge in [-0.25, -0.2) is 13.4 Å². The number of sulfone groups is 1. The van der Waals surface area contributed by atoms with Crippen LogP contribution in [0.3, 0.4) is 0 Å². The molecule has 1 saturated carbocycles. The fraction of sp³-hybridized carbons (Fsp3) is 0.556. The minimum Gasteiger partial charge on any atom is -0.281 e. The number of nitrogens with zero attached hydrogens (tertiary/aromatic N) is 2. The summed E-state index contributed by atoms with van der Waals surface area (Å²) in [5.41, 5.74) is -0.180. The molecule has 1 aliphatic carbocycles. The van der Waals surface area contributed by atoms with Gasteiger partial charge in [-0.05, 0) is 37.0 Å². The number of hydrazine groups is 1. The number of rotatable bonds is 4. The first kappa shape index (κ1) is 19.2. The van der Waals surface area contributed by atoms with Crippen LogP contribution in [0.2, 0.25) is 0 Å². The summed E-state index contributed by atoms with van der Waals surface area (Å²) in [6, 6.07) is 6.08. The highest BCUT2D eigenvalue weighted by atomic mass is 32.2. The van der Waals surface area contributed by atoms with Gasteiger partial charge in [0.2, 0.25) is 0 Å². The number of hydrogen-bond donors (Lipinski definition) is 0. The van der Waals surface area contributed by atoms with Gasteiger partial charge in [-0.3, -0.25) is 5.01 Å². The molecule has 1 aliphatic heterocycles. The van der Waals surface area contributed by atoms with Crippen molar-refractivity contribution >= 4 is 15.5 Å². The van der Waals surface area contributed by atoms with Crippen molar-refractivity contribution in [2.75, 3.05) is 24.4 Å². The number of benzene rings is 1. The number of halogens is 3. The topological polar surface area (TPSA) is 40.6 Å². The molecule has 0 N–H and O–H groups in total. The van der Waals surface area contributed by atoms with Crippen LogP contribution in [0.1, 0.15) is 32.1 Å². The Labute approximate surface area is 152 Å². The van der Waals surface area contributed by atoms with E-state index in [4.69, 9.17) is 0 Å². The van der Waals surface area contributed by atoms with E-state index in [1.54, 1.807) is 17.1 Å². The van der Waals surface area contributed by atoms with Crippen molar-refractivity contribution in [1.82, 2.24) is 5.01 Å². The second kappa shape index (κ2) is 7.23. The summed E-state index contributed by atoms with van der Waals surface area (Å²) in [5, 5.41) is 3.15. The molecule has 4 nitrogen and oxygen atoms in total. The highest BCUT2D eigenvalue weighted by molar-refractivity contribution is 7.90. The van der Waals surface area contributed by atoms with Gasteiger partial charge >= 0.3 is 6.18 Å². The number of hydrogen-bond acceptors (Lipinski definition) is 4. The molecular formula is C18H23F3N2O2S. The highest BCUT2D eigenvalue weighted by Gasteiger charge is 2.40. The molecule has 1 aromatic rings. The third kappa shape index (κ3) is 4.40. The summed E-state index contributed by atoms with van der Waals surface area (Å²) in [4.78, 5) is 0.0986. The van der Waals surface area contributed by atoms with Crippen molar-refractivity contribution in [1.29, 1.82) is 0 Å². The Bertz CT molecular complexity index is 784. The van der Waals surface area contributed by atoms with E-state index in [1.807, 2.05) is 0 Å². The average Bonchev–Trinajstić information content (AvgIpc) is 2.99. The Balaban J connectivity index is 1.90. The molecule has 3 rings (SSSR count). The van der Waals surface area contributed by atoms with E-state index in [0.717, 1.165) is 38.1 Å². The molecule has 1 fully saturated rings. The van der Waals surface area contributed by atoms with Crippen molar-refractivity contribution < 1.29 is 21.6 Å². The Morgan fingerprint density at radius 3 is 2.46 bits per heavy atom. The molecule has 0 amide bonds. The lowest BCUT2D eigenvalue weighted by molar-refractivity contribution is -0.0937. The van der Waals surface area contributed by atoms with Crippen molar-refractivity contribution in [3.8, 4) is 0 Å². The van der Waals surface area contributed by atoms with E-state index in [9.17, 15) is 21.6 Å². The summed E-state index contributed by atoms with van der Waals surface area (Å²) >= 11 is 0. The predicted octanol–water partition coefficient (Wildman–Crippen LogP) is 4.15. The van der Waals surface area contributed by atoms with E-state index in [1.165, 1.54) is 23.6 Å². The van der Waals surface area contributed by atoms with Gasteiger partial charge < -0.3 is 0 Å². The molecule has 2 aliphatic rings. The first-order chi connectivity index (χ1) is 12.1. The number of alkyl halides is 3. The summed E-state index contributed by atoms with van der Waals surface area (Å²) in [6.07, 6.45) is 3.24. The third-order valence-corrected chi connectivity index (χ3v) is 6.11. The largest absolute Gasteiger partial charge is 0.415 e. The van der Waals surface area contributed by atoms with Crippen LogP contribution in [0, 0.1) is 5.92 Å². The molecule has 144 valence electrons. The first-order valence-electron chi connectivity index (χ1n) is 8.77. The average molecular weight is 388 g/mol. The maximum absolute atomic E-state index is 13.3. The minimum absolute atomic E-state index is 0.0986. The second-order valence-electron chi connectivity index (χ2n) is 7.12. The van der Waals surface area contributed by atoms with Crippen LogP contribution in [0.4, 0.5) is 18.9 Å². The van der Waals surface area contributed by atoms with E-state index >= 15 is 0 Å². The molecular weight excluding hydrogens is 365 g/mol. The molecule has 0 radical (unpaired) electrons. The maximum atomic E-state index is 13.3. The molecule has 1 aromatic carbocycles. The monoisotopic (exact) mass is 388 g/mol. The standard InChI is InChI=1S/C18H23F3N2O2S/c1-26(24,25)17-9-5-8-16(10-17)23-13-15(18(19,20)21)12-22(23)11-14-6-3-2-4-7-14/h5,8-10,13-14H,2-4,6-7,11-12H2,1H3. The summed E-state index contributed by atoms with van der Waals surface area (Å²) in [6.45, 7) is 0.336. The lowest BCUT2D eigenvalue weighted by Crippen LogP contribution is -2.40. The minimum atomic E-state index is -4.39. The quantitative estimate of drug-likeness (QED) is 0.777. The van der Waals surface area contributed by atoms with Gasteiger partial charge in [0.1, 0.15) is 0 Å². The van der Waals surface area contributed by atoms with Gasteiger partial charge in [-0.2, -0.15) is 13.2 Å². The Hall–Kier alpha value is -1.54. The summed E-state index contributed by atoms with van der Waals surface area (Å²) < 4.78 is 63.3. The van der Waals surface area contributed by atoms with Crippen molar-refractivity contribution in [3.63, 3.8) is 0 Å². The zero-order chi connectivity index (χ0) is 18.9. The molecule has 0 saturated heterocycles. The van der Waals surface area contributed by atoms with Crippen LogP contribution in [0.5, 0.6) is 0 Å². The van der Waals surface area contributed by atoms with Crippen LogP contribution in [0.15, 0.2) is 40.9 Å². The molecule has 26 heavy (non-hydrogen) atoms. The lowest BCUT2D eigenvalue weighted by atomic mass is 9.89. The Kier molecular flexibility index (Phi) is 5.35. The Morgan fingerprint density at radius 2 is 1.85 bits per heavy atom. The zero-order valence-corrected chi connectivity index (χ0v) is 15.5. The van der Waals surface area contributed by atoms with Crippen LogP contribution in [-0.4, -0.2) is 38.9 Å². The maximum Gasteiger partial charge on any atom is 0.415 e. The van der Waals surface area contributed by atoms with Gasteiger partial charge in [0.05, 0.1) is 22.7 Å². The lowest BCUT2D eigenvalue weighted by Gasteiger charge is -2.33. The molecule has 0 aromatic heterocycles. The second-order valence-corrected chi connectivity index (χ2v) is 9.13. The van der Waals surface area contributed by atoms with E-state index in [0.29, 0.717) is 18.2 Å². The van der Waals surface area contributed by atoms with Gasteiger partial charge in [0, 0.05) is 19.0 Å². The first-order valence-corrected chi connectivity index (χ1v) is 10.7. The molecule has 0 spiro atoms. The highest BCUT2D eigenvalue weighted by Crippen LogP contribution is 2.36. The predicted molar refractivity (Wildman–Crippen MR) is 94.3 cm³/mol. The molecule has 0 atom stereocenters. The molecule has 8 heteroatoms. The van der Waals surface area contributed by atoms with Crippen molar-refractivity contribution in [3.05, 3.63) is 36.0 Å². The van der Waals surface area contributed by atoms with Gasteiger partial charge in [0.25, 0.3) is 0 Å². The summed E-state index contributed by atoms with van der Waals surface area (Å²) in [7, 11) is -3.43. The normalized spacial score (nSPS) is 20.5. The summed E-state index contributed by atoms with van der Waals surface area (Å²) in [5.74, 6) is 0.366. The van der Waals surface area contributed by atoms with Gasteiger partial charge in [0.15, 0.2) is 9.84 Å². The Morgan fingerprint density at radius 1 is 1.15 bits per heavy atom. The SMILES string of the molecule is CS(=O)(=O)c1cccc(N2C=C(C(F)(F)F)CN2CC2CCCCC2)c1. The van der Waals surface area contributed by atoms with Crippen molar-refractivity contribution in [2.45, 2.75) is 43.2 Å². The molecule has 1 heterocycles. The van der Waals surface area contributed by atoms with Crippen LogP contribution in [-0.2, 0) is 9.84 Å². The van der Waals surface area contributed by atoms with Gasteiger partial charge in [-0.15, -0.1) is 0 Å². The fourth-order valence-corrected chi connectivity index (χ4v) is 4.28. The third-order valence-electron chi connectivity index (χ3n) is 5.00. The van der Waals surface area contributed by atoms with Crippen LogP contribution < -0.4 is 5.01 Å². The number of anilines is 1. The van der Waals surface area contributed by atoms with E-state index < -0.39 is 21.6 Å². The molecule has 0 unspecified atom stereocenters. The van der Waals surface area contributed by atoms with E-state index in [-0.39, 0.29) is 11.4 Å². The van der Waals surface area contributed by atoms with Gasteiger partial charge in [-0.1, -0.05) is 25.3 Å². The zero-order valence-electron chi connectivity index (χ0n) is 14.7.